The van der Waals surface area contributed by atoms with E-state index in [1.165, 1.54) is 6.42 Å². The van der Waals surface area contributed by atoms with Crippen LogP contribution >= 0.6 is 0 Å². The second-order valence-corrected chi connectivity index (χ2v) is 4.77. The van der Waals surface area contributed by atoms with E-state index in [4.69, 9.17) is 0 Å². The van der Waals surface area contributed by atoms with E-state index in [1.54, 1.807) is 12.1 Å². The van der Waals surface area contributed by atoms with Gasteiger partial charge < -0.3 is 10.4 Å². The van der Waals surface area contributed by atoms with Gasteiger partial charge in [0, 0.05) is 12.5 Å². The summed E-state index contributed by atoms with van der Waals surface area (Å²) in [6.07, 6.45) is 4.08. The van der Waals surface area contributed by atoms with E-state index in [0.717, 1.165) is 24.9 Å². The molecule has 0 aliphatic rings. The Morgan fingerprint density at radius 3 is 2.56 bits per heavy atom. The zero-order chi connectivity index (χ0) is 13.4. The fraction of sp³-hybridized carbons (Fsp3) is 0.533. The molecule has 0 heterocycles. The lowest BCUT2D eigenvalue weighted by Crippen LogP contribution is -2.31. The molecule has 1 amide bonds. The number of hydrogen-bond acceptors (Lipinski definition) is 2. The van der Waals surface area contributed by atoms with Crippen molar-refractivity contribution in [2.24, 2.45) is 5.92 Å². The number of nitrogens with one attached hydrogen (secondary N) is 1. The highest BCUT2D eigenvalue weighted by molar-refractivity contribution is 5.78. The smallest absolute Gasteiger partial charge is 0.223 e. The van der Waals surface area contributed by atoms with Crippen molar-refractivity contribution in [1.82, 2.24) is 5.32 Å². The molecule has 0 fully saturated rings. The van der Waals surface area contributed by atoms with E-state index in [2.05, 4.69) is 12.2 Å². The fourth-order valence-corrected chi connectivity index (χ4v) is 1.84. The van der Waals surface area contributed by atoms with Gasteiger partial charge in [0.15, 0.2) is 0 Å². The van der Waals surface area contributed by atoms with Gasteiger partial charge in [0.05, 0.1) is 0 Å². The Morgan fingerprint density at radius 2 is 1.94 bits per heavy atom. The molecule has 1 unspecified atom stereocenters. The van der Waals surface area contributed by atoms with Crippen LogP contribution in [-0.2, 0) is 11.2 Å². The van der Waals surface area contributed by atoms with Crippen LogP contribution in [0.1, 0.15) is 38.7 Å². The lowest BCUT2D eigenvalue weighted by Gasteiger charge is -2.12. The molecule has 1 aromatic carbocycles. The van der Waals surface area contributed by atoms with Crippen LogP contribution in [0.15, 0.2) is 24.3 Å². The third kappa shape index (κ3) is 5.21. The van der Waals surface area contributed by atoms with Gasteiger partial charge in [0.2, 0.25) is 5.91 Å². The Bertz CT molecular complexity index is 359. The van der Waals surface area contributed by atoms with E-state index in [-0.39, 0.29) is 17.6 Å². The van der Waals surface area contributed by atoms with Crippen LogP contribution in [0.4, 0.5) is 0 Å². The molecule has 100 valence electrons. The summed E-state index contributed by atoms with van der Waals surface area (Å²) < 4.78 is 0. The Balaban J connectivity index is 2.33. The molecular formula is C15H23NO2. The van der Waals surface area contributed by atoms with E-state index >= 15 is 0 Å². The van der Waals surface area contributed by atoms with Gasteiger partial charge in [0.1, 0.15) is 5.75 Å². The van der Waals surface area contributed by atoms with Crippen LogP contribution in [0.3, 0.4) is 0 Å². The predicted octanol–water partition coefficient (Wildman–Crippen LogP) is 2.88. The quantitative estimate of drug-likeness (QED) is 0.730. The van der Waals surface area contributed by atoms with Gasteiger partial charge >= 0.3 is 0 Å². The topological polar surface area (TPSA) is 49.3 Å². The van der Waals surface area contributed by atoms with Crippen molar-refractivity contribution in [3.05, 3.63) is 29.8 Å². The monoisotopic (exact) mass is 249 g/mol. The van der Waals surface area contributed by atoms with Gasteiger partial charge in [-0.15, -0.1) is 0 Å². The fourth-order valence-electron chi connectivity index (χ4n) is 1.84. The number of benzene rings is 1. The number of rotatable bonds is 7. The number of carbonyl (C=O) groups is 1. The largest absolute Gasteiger partial charge is 0.508 e. The van der Waals surface area contributed by atoms with E-state index in [1.807, 2.05) is 19.1 Å². The average Bonchev–Trinajstić information content (AvgIpc) is 2.37. The number of hydrogen-bond donors (Lipinski definition) is 2. The zero-order valence-electron chi connectivity index (χ0n) is 11.3. The molecule has 18 heavy (non-hydrogen) atoms. The Morgan fingerprint density at radius 1 is 1.28 bits per heavy atom. The van der Waals surface area contributed by atoms with Crippen molar-refractivity contribution in [1.29, 1.82) is 0 Å². The van der Waals surface area contributed by atoms with Crippen molar-refractivity contribution in [3.63, 3.8) is 0 Å². The number of phenols is 1. The van der Waals surface area contributed by atoms with Crippen LogP contribution in [0.25, 0.3) is 0 Å². The standard InChI is InChI=1S/C15H23NO2/c1-3-4-5-10-16-15(18)12(2)11-13-6-8-14(17)9-7-13/h6-9,12,17H,3-5,10-11H2,1-2H3,(H,16,18). The number of unbranched alkanes of at least 4 members (excludes halogenated alkanes) is 2. The lowest BCUT2D eigenvalue weighted by molar-refractivity contribution is -0.124. The number of phenolic OH excluding ortho intramolecular Hbond substituents is 1. The summed E-state index contributed by atoms with van der Waals surface area (Å²) in [5, 5.41) is 12.1. The molecule has 3 nitrogen and oxygen atoms in total. The first-order valence-electron chi connectivity index (χ1n) is 6.69. The second-order valence-electron chi connectivity index (χ2n) is 4.77. The van der Waals surface area contributed by atoms with E-state index in [9.17, 15) is 9.90 Å². The van der Waals surface area contributed by atoms with E-state index < -0.39 is 0 Å². The maximum atomic E-state index is 11.8. The maximum absolute atomic E-state index is 11.8. The number of amides is 1. The summed E-state index contributed by atoms with van der Waals surface area (Å²) in [4.78, 5) is 11.8. The van der Waals surface area contributed by atoms with Gasteiger partial charge in [-0.1, -0.05) is 38.8 Å². The summed E-state index contributed by atoms with van der Waals surface area (Å²) in [6.45, 7) is 4.85. The first-order chi connectivity index (χ1) is 8.63. The van der Waals surface area contributed by atoms with Crippen LogP contribution in [0.2, 0.25) is 0 Å². The van der Waals surface area contributed by atoms with Gasteiger partial charge in [-0.2, -0.15) is 0 Å². The number of aromatic hydroxyl groups is 1. The molecule has 0 aliphatic heterocycles. The van der Waals surface area contributed by atoms with Crippen molar-refractivity contribution in [2.75, 3.05) is 6.54 Å². The predicted molar refractivity (Wildman–Crippen MR) is 73.5 cm³/mol. The first-order valence-corrected chi connectivity index (χ1v) is 6.69. The van der Waals surface area contributed by atoms with Crippen molar-refractivity contribution < 1.29 is 9.90 Å². The summed E-state index contributed by atoms with van der Waals surface area (Å²) in [5.74, 6) is 0.339. The summed E-state index contributed by atoms with van der Waals surface area (Å²) in [7, 11) is 0. The summed E-state index contributed by atoms with van der Waals surface area (Å²) in [5.41, 5.74) is 1.07. The summed E-state index contributed by atoms with van der Waals surface area (Å²) in [6, 6.07) is 7.02. The molecule has 0 radical (unpaired) electrons. The van der Waals surface area contributed by atoms with Gasteiger partial charge in [-0.05, 0) is 30.5 Å². The van der Waals surface area contributed by atoms with Crippen LogP contribution in [0.5, 0.6) is 5.75 Å². The van der Waals surface area contributed by atoms with Crippen molar-refractivity contribution in [3.8, 4) is 5.75 Å². The highest BCUT2D eigenvalue weighted by Crippen LogP contribution is 2.13. The van der Waals surface area contributed by atoms with Gasteiger partial charge in [-0.3, -0.25) is 4.79 Å². The molecule has 0 saturated carbocycles. The highest BCUT2D eigenvalue weighted by Gasteiger charge is 2.12. The molecule has 0 spiro atoms. The molecule has 2 N–H and O–H groups in total. The van der Waals surface area contributed by atoms with Crippen LogP contribution in [-0.4, -0.2) is 17.6 Å². The zero-order valence-corrected chi connectivity index (χ0v) is 11.3. The minimum atomic E-state index is -0.0313. The lowest BCUT2D eigenvalue weighted by atomic mass is 10.0. The molecule has 1 atom stereocenters. The van der Waals surface area contributed by atoms with E-state index in [0.29, 0.717) is 6.42 Å². The third-order valence-corrected chi connectivity index (χ3v) is 3.01. The molecule has 1 aromatic rings. The molecular weight excluding hydrogens is 226 g/mol. The Kier molecular flexibility index (Phi) is 6.26. The average molecular weight is 249 g/mol. The Hall–Kier alpha value is -1.51. The molecule has 3 heteroatoms. The Labute approximate surface area is 109 Å². The first kappa shape index (κ1) is 14.6. The molecule has 0 aliphatic carbocycles. The normalized spacial score (nSPS) is 12.1. The molecule has 1 rings (SSSR count). The minimum absolute atomic E-state index is 0.0313. The van der Waals surface area contributed by atoms with Gasteiger partial charge in [0.25, 0.3) is 0 Å². The molecule has 0 aromatic heterocycles. The van der Waals surface area contributed by atoms with Crippen molar-refractivity contribution in [2.45, 2.75) is 39.5 Å². The third-order valence-electron chi connectivity index (χ3n) is 3.01. The second kappa shape index (κ2) is 7.75. The maximum Gasteiger partial charge on any atom is 0.223 e. The van der Waals surface area contributed by atoms with Crippen LogP contribution < -0.4 is 5.32 Å². The molecule has 0 saturated heterocycles. The van der Waals surface area contributed by atoms with Crippen molar-refractivity contribution >= 4 is 5.91 Å². The highest BCUT2D eigenvalue weighted by atomic mass is 16.3. The minimum Gasteiger partial charge on any atom is -0.508 e. The van der Waals surface area contributed by atoms with Crippen LogP contribution in [0, 0.1) is 5.92 Å². The van der Waals surface area contributed by atoms with Gasteiger partial charge in [-0.25, -0.2) is 0 Å². The number of carbonyl (C=O) groups excluding carboxylic acids is 1. The summed E-state index contributed by atoms with van der Waals surface area (Å²) >= 11 is 0. The molecule has 0 bridgehead atoms. The SMILES string of the molecule is CCCCCNC(=O)C(C)Cc1ccc(O)cc1.